The number of carbonyl (C=O) groups is 1. The van der Waals surface area contributed by atoms with Crippen molar-refractivity contribution < 1.29 is 13.9 Å². The van der Waals surface area contributed by atoms with Gasteiger partial charge in [0.25, 0.3) is 0 Å². The number of hydrogen-bond acceptors (Lipinski definition) is 3. The van der Waals surface area contributed by atoms with Crippen LogP contribution in [-0.2, 0) is 4.79 Å². The van der Waals surface area contributed by atoms with E-state index in [1.54, 1.807) is 12.1 Å². The molecule has 6 heteroatoms. The van der Waals surface area contributed by atoms with Crippen LogP contribution in [0.4, 0.5) is 4.39 Å². The average Bonchev–Trinajstić information content (AvgIpc) is 2.40. The monoisotopic (exact) mass is 304 g/mol. The smallest absolute Gasteiger partial charge is 0.220 e. The molecule has 0 unspecified atom stereocenters. The second kappa shape index (κ2) is 11.5. The highest BCUT2D eigenvalue weighted by atomic mass is 35.5. The Balaban J connectivity index is 0.00000361. The summed E-state index contributed by atoms with van der Waals surface area (Å²) in [7, 11) is 1.88. The van der Waals surface area contributed by atoms with Gasteiger partial charge in [0, 0.05) is 19.0 Å². The van der Waals surface area contributed by atoms with Crippen LogP contribution < -0.4 is 15.4 Å². The third kappa shape index (κ3) is 8.72. The van der Waals surface area contributed by atoms with Gasteiger partial charge < -0.3 is 15.4 Å². The van der Waals surface area contributed by atoms with Crippen LogP contribution in [0, 0.1) is 5.82 Å². The largest absolute Gasteiger partial charge is 0.493 e. The number of hydrogen-bond donors (Lipinski definition) is 2. The molecule has 0 aliphatic heterocycles. The molecule has 0 bridgehead atoms. The van der Waals surface area contributed by atoms with Gasteiger partial charge in [-0.15, -0.1) is 12.4 Å². The minimum Gasteiger partial charge on any atom is -0.493 e. The summed E-state index contributed by atoms with van der Waals surface area (Å²) in [5.41, 5.74) is 0. The summed E-state index contributed by atoms with van der Waals surface area (Å²) in [6.07, 6.45) is 1.96. The first-order valence-electron chi connectivity index (χ1n) is 6.52. The molecule has 114 valence electrons. The Labute approximate surface area is 125 Å². The van der Waals surface area contributed by atoms with Gasteiger partial charge in [0.15, 0.2) is 0 Å². The molecule has 1 amide bonds. The zero-order chi connectivity index (χ0) is 13.9. The van der Waals surface area contributed by atoms with E-state index in [4.69, 9.17) is 4.74 Å². The molecule has 0 saturated heterocycles. The van der Waals surface area contributed by atoms with Crippen molar-refractivity contribution in [3.63, 3.8) is 0 Å². The summed E-state index contributed by atoms with van der Waals surface area (Å²) < 4.78 is 18.2. The topological polar surface area (TPSA) is 50.4 Å². The molecule has 1 aromatic carbocycles. The first kappa shape index (κ1) is 18.7. The van der Waals surface area contributed by atoms with E-state index in [-0.39, 0.29) is 24.1 Å². The minimum absolute atomic E-state index is 0. The van der Waals surface area contributed by atoms with Crippen LogP contribution in [0.25, 0.3) is 0 Å². The van der Waals surface area contributed by atoms with Crippen molar-refractivity contribution in [3.05, 3.63) is 30.1 Å². The molecule has 0 heterocycles. The Morgan fingerprint density at radius 2 is 2.10 bits per heavy atom. The van der Waals surface area contributed by atoms with Crippen molar-refractivity contribution in [3.8, 4) is 5.75 Å². The predicted octanol–water partition coefficient (Wildman–Crippen LogP) is 2.13. The van der Waals surface area contributed by atoms with Gasteiger partial charge in [0.1, 0.15) is 11.6 Å². The van der Waals surface area contributed by atoms with Gasteiger partial charge in [-0.1, -0.05) is 6.07 Å². The molecule has 1 aromatic rings. The molecule has 0 saturated carbocycles. The van der Waals surface area contributed by atoms with E-state index in [0.29, 0.717) is 31.7 Å². The molecular weight excluding hydrogens is 283 g/mol. The summed E-state index contributed by atoms with van der Waals surface area (Å²) in [4.78, 5) is 11.4. The first-order valence-corrected chi connectivity index (χ1v) is 6.52. The van der Waals surface area contributed by atoms with Crippen LogP contribution in [0.3, 0.4) is 0 Å². The van der Waals surface area contributed by atoms with Crippen LogP contribution in [-0.4, -0.2) is 32.7 Å². The number of halogens is 2. The Morgan fingerprint density at radius 3 is 2.80 bits per heavy atom. The molecule has 2 N–H and O–H groups in total. The summed E-state index contributed by atoms with van der Waals surface area (Å²) in [6.45, 7) is 1.99. The van der Waals surface area contributed by atoms with Crippen molar-refractivity contribution in [1.82, 2.24) is 10.6 Å². The van der Waals surface area contributed by atoms with Gasteiger partial charge in [0.05, 0.1) is 6.61 Å². The second-order valence-electron chi connectivity index (χ2n) is 4.22. The number of carbonyl (C=O) groups excluding carboxylic acids is 1. The van der Waals surface area contributed by atoms with Crippen molar-refractivity contribution in [2.45, 2.75) is 19.3 Å². The van der Waals surface area contributed by atoms with E-state index in [2.05, 4.69) is 10.6 Å². The maximum atomic E-state index is 12.9. The molecule has 0 aliphatic carbocycles. The summed E-state index contributed by atoms with van der Waals surface area (Å²) >= 11 is 0. The Morgan fingerprint density at radius 1 is 1.30 bits per heavy atom. The SMILES string of the molecule is CNCCCNC(=O)CCCOc1cccc(F)c1.Cl. The van der Waals surface area contributed by atoms with Crippen LogP contribution in [0.15, 0.2) is 24.3 Å². The molecule has 1 rings (SSSR count). The summed E-state index contributed by atoms with van der Waals surface area (Å²) in [5.74, 6) is 0.202. The van der Waals surface area contributed by atoms with E-state index in [1.165, 1.54) is 12.1 Å². The molecule has 0 atom stereocenters. The van der Waals surface area contributed by atoms with Crippen molar-refractivity contribution in [1.29, 1.82) is 0 Å². The van der Waals surface area contributed by atoms with Gasteiger partial charge in [-0.25, -0.2) is 4.39 Å². The lowest BCUT2D eigenvalue weighted by molar-refractivity contribution is -0.121. The minimum atomic E-state index is -0.320. The predicted molar refractivity (Wildman–Crippen MR) is 79.9 cm³/mol. The molecule has 0 spiro atoms. The van der Waals surface area contributed by atoms with Gasteiger partial charge in [-0.3, -0.25) is 4.79 Å². The fourth-order valence-electron chi connectivity index (χ4n) is 1.56. The zero-order valence-electron chi connectivity index (χ0n) is 11.7. The van der Waals surface area contributed by atoms with Crippen LogP contribution >= 0.6 is 12.4 Å². The summed E-state index contributed by atoms with van der Waals surface area (Å²) in [6, 6.07) is 5.99. The zero-order valence-corrected chi connectivity index (χ0v) is 12.5. The number of amides is 1. The standard InChI is InChI=1S/C14H21FN2O2.ClH/c1-16-8-4-9-17-14(18)7-3-10-19-13-6-2-5-12(15)11-13;/h2,5-6,11,16H,3-4,7-10H2,1H3,(H,17,18);1H. The third-order valence-corrected chi connectivity index (χ3v) is 2.54. The number of rotatable bonds is 9. The number of benzene rings is 1. The van der Waals surface area contributed by atoms with Crippen molar-refractivity contribution >= 4 is 18.3 Å². The second-order valence-corrected chi connectivity index (χ2v) is 4.22. The maximum absolute atomic E-state index is 12.9. The molecule has 4 nitrogen and oxygen atoms in total. The maximum Gasteiger partial charge on any atom is 0.220 e. The van der Waals surface area contributed by atoms with Crippen molar-refractivity contribution in [2.75, 3.05) is 26.7 Å². The molecule has 20 heavy (non-hydrogen) atoms. The lowest BCUT2D eigenvalue weighted by atomic mass is 10.3. The lowest BCUT2D eigenvalue weighted by Gasteiger charge is -2.07. The molecule has 0 radical (unpaired) electrons. The molecule has 0 fully saturated rings. The van der Waals surface area contributed by atoms with Gasteiger partial charge in [-0.2, -0.15) is 0 Å². The third-order valence-electron chi connectivity index (χ3n) is 2.54. The molecule has 0 aromatic heterocycles. The fraction of sp³-hybridized carbons (Fsp3) is 0.500. The van der Waals surface area contributed by atoms with E-state index >= 15 is 0 Å². The van der Waals surface area contributed by atoms with Crippen LogP contribution in [0.2, 0.25) is 0 Å². The highest BCUT2D eigenvalue weighted by Gasteiger charge is 2.01. The van der Waals surface area contributed by atoms with Crippen LogP contribution in [0.5, 0.6) is 5.75 Å². The Bertz CT molecular complexity index is 391. The fourth-order valence-corrected chi connectivity index (χ4v) is 1.56. The van der Waals surface area contributed by atoms with Gasteiger partial charge in [0.2, 0.25) is 5.91 Å². The van der Waals surface area contributed by atoms with Gasteiger partial charge >= 0.3 is 0 Å². The number of nitrogens with one attached hydrogen (secondary N) is 2. The van der Waals surface area contributed by atoms with E-state index in [9.17, 15) is 9.18 Å². The highest BCUT2D eigenvalue weighted by Crippen LogP contribution is 2.12. The average molecular weight is 305 g/mol. The van der Waals surface area contributed by atoms with Crippen molar-refractivity contribution in [2.24, 2.45) is 0 Å². The highest BCUT2D eigenvalue weighted by molar-refractivity contribution is 5.85. The van der Waals surface area contributed by atoms with E-state index in [1.807, 2.05) is 7.05 Å². The van der Waals surface area contributed by atoms with E-state index in [0.717, 1.165) is 13.0 Å². The lowest BCUT2D eigenvalue weighted by Crippen LogP contribution is -2.26. The molecule has 0 aliphatic rings. The summed E-state index contributed by atoms with van der Waals surface area (Å²) in [5, 5.41) is 5.85. The quantitative estimate of drug-likeness (QED) is 0.687. The van der Waals surface area contributed by atoms with Crippen LogP contribution in [0.1, 0.15) is 19.3 Å². The first-order chi connectivity index (χ1) is 9.22. The molecular formula is C14H22ClFN2O2. The normalized spacial score (nSPS) is 9.70. The number of ether oxygens (including phenoxy) is 1. The Hall–Kier alpha value is -1.33. The van der Waals surface area contributed by atoms with E-state index < -0.39 is 0 Å². The van der Waals surface area contributed by atoms with Gasteiger partial charge in [-0.05, 0) is 38.6 Å². The Kier molecular flexibility index (Phi) is 10.7.